The molecule has 3 unspecified atom stereocenters. The molecule has 17 nitrogen and oxygen atoms in total. The molecule has 0 aliphatic carbocycles. The number of rotatable bonds is 9. The number of aromatic nitrogens is 2. The molecule has 1 aliphatic rings. The number of phosphoric acid groups is 3. The fourth-order valence-electron chi connectivity index (χ4n) is 2.45. The van der Waals surface area contributed by atoms with Crippen LogP contribution in [0.1, 0.15) is 6.23 Å². The van der Waals surface area contributed by atoms with E-state index < -0.39 is 66.5 Å². The Kier molecular flexibility index (Phi) is 7.62. The molecule has 2 rings (SSSR count). The molecule has 0 aromatic carbocycles. The topological polar surface area (TPSA) is 270 Å². The van der Waals surface area contributed by atoms with Crippen molar-refractivity contribution in [2.45, 2.75) is 24.0 Å². The van der Waals surface area contributed by atoms with Gasteiger partial charge in [-0.1, -0.05) is 0 Å². The van der Waals surface area contributed by atoms with Crippen LogP contribution in [0.2, 0.25) is 0 Å². The highest BCUT2D eigenvalue weighted by molar-refractivity contribution is 7.66. The lowest BCUT2D eigenvalue weighted by Gasteiger charge is -2.29. The van der Waals surface area contributed by atoms with Gasteiger partial charge in [-0.15, -0.1) is 0 Å². The SMILES string of the molecule is Nc1ccn(C2O[C@](CF)(COP(=O)(O)OP(=O)(O)OP(=O)(O)O)[C@@H](O)[C@@H]2O)c(=O)n1. The smallest absolute Gasteiger partial charge is 0.387 e. The van der Waals surface area contributed by atoms with Gasteiger partial charge in [-0.05, 0) is 6.07 Å². The van der Waals surface area contributed by atoms with Crippen LogP contribution in [0, 0.1) is 0 Å². The Morgan fingerprint density at radius 1 is 1.19 bits per heavy atom. The number of phosphoric ester groups is 1. The van der Waals surface area contributed by atoms with E-state index in [0.717, 1.165) is 12.3 Å². The second kappa shape index (κ2) is 9.03. The second-order valence-corrected chi connectivity index (χ2v) is 10.5. The van der Waals surface area contributed by atoms with Gasteiger partial charge in [0, 0.05) is 6.20 Å². The monoisotopic (exact) mass is 515 g/mol. The number of nitrogens with zero attached hydrogens (tertiary/aromatic N) is 2. The maximum absolute atomic E-state index is 13.7. The van der Waals surface area contributed by atoms with Gasteiger partial charge in [0.2, 0.25) is 0 Å². The van der Waals surface area contributed by atoms with Gasteiger partial charge in [-0.25, -0.2) is 22.9 Å². The number of hydrogen-bond donors (Lipinski definition) is 7. The lowest BCUT2D eigenvalue weighted by Crippen LogP contribution is -2.48. The van der Waals surface area contributed by atoms with E-state index in [4.69, 9.17) is 25.2 Å². The first-order chi connectivity index (χ1) is 14.0. The number of alkyl halides is 1. The van der Waals surface area contributed by atoms with E-state index in [2.05, 4.69) is 18.1 Å². The minimum absolute atomic E-state index is 0.196. The standard InChI is InChI=1S/C10H17FN3O14P3/c11-3-10(4-25-30(21,22)28-31(23,24)27-29(18,19)20)7(16)6(15)8(26-10)14-2-1-5(12)13-9(14)17/h1-2,6-8,15-16H,3-4H2,(H,21,22)(H,23,24)(H2,12,13,17)(H2,18,19,20)/t6-,7-,8?,10+/m0/s1. The first-order valence-electron chi connectivity index (χ1n) is 7.74. The van der Waals surface area contributed by atoms with Crippen molar-refractivity contribution in [3.63, 3.8) is 0 Å². The Morgan fingerprint density at radius 2 is 1.81 bits per heavy atom. The van der Waals surface area contributed by atoms with Crippen LogP contribution in [0.5, 0.6) is 0 Å². The van der Waals surface area contributed by atoms with E-state index in [1.807, 2.05) is 0 Å². The number of aliphatic hydroxyl groups is 2. The largest absolute Gasteiger partial charge is 0.490 e. The molecule has 8 N–H and O–H groups in total. The molecule has 6 atom stereocenters. The van der Waals surface area contributed by atoms with Crippen molar-refractivity contribution in [3.8, 4) is 0 Å². The minimum Gasteiger partial charge on any atom is -0.387 e. The van der Waals surface area contributed by atoms with Gasteiger partial charge in [0.1, 0.15) is 24.7 Å². The first kappa shape index (κ1) is 26.2. The summed E-state index contributed by atoms with van der Waals surface area (Å²) in [6.07, 6.45) is -4.90. The third-order valence-corrected chi connectivity index (χ3v) is 7.53. The lowest BCUT2D eigenvalue weighted by atomic mass is 9.98. The van der Waals surface area contributed by atoms with Gasteiger partial charge in [0.05, 0.1) is 6.61 Å². The predicted octanol–water partition coefficient (Wildman–Crippen LogP) is -1.87. The average molecular weight is 515 g/mol. The normalized spacial score (nSPS) is 30.6. The Balaban J connectivity index is 2.20. The van der Waals surface area contributed by atoms with E-state index in [1.54, 1.807) is 0 Å². The molecule has 0 bridgehead atoms. The Bertz CT molecular complexity index is 1020. The number of hydrogen-bond acceptors (Lipinski definition) is 12. The summed E-state index contributed by atoms with van der Waals surface area (Å²) in [5, 5.41) is 20.3. The van der Waals surface area contributed by atoms with Gasteiger partial charge in [0.15, 0.2) is 11.8 Å². The van der Waals surface area contributed by atoms with Crippen molar-refractivity contribution in [1.29, 1.82) is 0 Å². The number of anilines is 1. The van der Waals surface area contributed by atoms with Crippen LogP contribution >= 0.6 is 23.5 Å². The van der Waals surface area contributed by atoms with Crippen LogP contribution in [0.25, 0.3) is 0 Å². The van der Waals surface area contributed by atoms with Gasteiger partial charge < -0.3 is 40.3 Å². The number of aliphatic hydroxyl groups excluding tert-OH is 2. The molecule has 2 heterocycles. The number of ether oxygens (including phenoxy) is 1. The summed E-state index contributed by atoms with van der Waals surface area (Å²) in [5.74, 6) is -0.196. The van der Waals surface area contributed by atoms with Crippen LogP contribution in [0.15, 0.2) is 17.1 Å². The van der Waals surface area contributed by atoms with Crippen molar-refractivity contribution in [2.24, 2.45) is 0 Å². The highest BCUT2D eigenvalue weighted by Crippen LogP contribution is 2.66. The van der Waals surface area contributed by atoms with E-state index in [0.29, 0.717) is 4.57 Å². The summed E-state index contributed by atoms with van der Waals surface area (Å²) in [7, 11) is -17.2. The van der Waals surface area contributed by atoms with E-state index in [1.165, 1.54) is 0 Å². The van der Waals surface area contributed by atoms with Crippen LogP contribution in [0.4, 0.5) is 10.2 Å². The van der Waals surface area contributed by atoms with Crippen molar-refractivity contribution in [3.05, 3.63) is 22.7 Å². The Hall–Kier alpha value is -1.10. The molecule has 1 saturated heterocycles. The highest BCUT2D eigenvalue weighted by atomic mass is 31.3. The number of nitrogens with two attached hydrogens (primary N) is 1. The molecule has 0 saturated carbocycles. The summed E-state index contributed by atoms with van der Waals surface area (Å²) >= 11 is 0. The van der Waals surface area contributed by atoms with Crippen molar-refractivity contribution >= 4 is 29.3 Å². The van der Waals surface area contributed by atoms with E-state index in [9.17, 15) is 38.0 Å². The first-order valence-corrected chi connectivity index (χ1v) is 12.3. The van der Waals surface area contributed by atoms with Gasteiger partial charge >= 0.3 is 29.2 Å². The summed E-state index contributed by atoms with van der Waals surface area (Å²) in [6, 6.07) is 1.12. The fraction of sp³-hybridized carbons (Fsp3) is 0.600. The summed E-state index contributed by atoms with van der Waals surface area (Å²) in [5.41, 5.74) is 1.68. The van der Waals surface area contributed by atoms with Gasteiger partial charge in [-0.2, -0.15) is 13.6 Å². The summed E-state index contributed by atoms with van der Waals surface area (Å²) in [4.78, 5) is 50.7. The zero-order chi connectivity index (χ0) is 23.8. The van der Waals surface area contributed by atoms with Gasteiger partial charge in [0.25, 0.3) is 0 Å². The van der Waals surface area contributed by atoms with Crippen LogP contribution < -0.4 is 11.4 Å². The quantitative estimate of drug-likeness (QED) is 0.177. The van der Waals surface area contributed by atoms with E-state index in [-0.39, 0.29) is 5.82 Å². The zero-order valence-electron chi connectivity index (χ0n) is 14.9. The minimum atomic E-state index is -5.84. The molecule has 0 radical (unpaired) electrons. The lowest BCUT2D eigenvalue weighted by molar-refractivity contribution is -0.136. The molecule has 1 aromatic rings. The third-order valence-electron chi connectivity index (χ3n) is 3.75. The van der Waals surface area contributed by atoms with Crippen LogP contribution in [-0.2, 0) is 31.6 Å². The number of halogens is 1. The maximum Gasteiger partial charge on any atom is 0.490 e. The summed E-state index contributed by atoms with van der Waals surface area (Å²) < 4.78 is 64.5. The molecule has 1 aliphatic heterocycles. The summed E-state index contributed by atoms with van der Waals surface area (Å²) in [6.45, 7) is -3.08. The van der Waals surface area contributed by atoms with Crippen LogP contribution in [0.3, 0.4) is 0 Å². The van der Waals surface area contributed by atoms with Crippen LogP contribution in [-0.4, -0.2) is 70.4 Å². The predicted molar refractivity (Wildman–Crippen MR) is 93.6 cm³/mol. The van der Waals surface area contributed by atoms with Crippen molar-refractivity contribution < 1.29 is 65.8 Å². The maximum atomic E-state index is 13.7. The molecular weight excluding hydrogens is 498 g/mol. The van der Waals surface area contributed by atoms with Gasteiger partial charge in [-0.3, -0.25) is 9.09 Å². The average Bonchev–Trinajstić information content (AvgIpc) is 2.82. The molecule has 0 amide bonds. The fourth-order valence-corrected chi connectivity index (χ4v) is 5.53. The molecule has 31 heavy (non-hydrogen) atoms. The zero-order valence-corrected chi connectivity index (χ0v) is 17.6. The molecule has 1 aromatic heterocycles. The molecule has 178 valence electrons. The number of nitrogen functional groups attached to an aromatic ring is 1. The second-order valence-electron chi connectivity index (χ2n) is 6.05. The highest BCUT2D eigenvalue weighted by Gasteiger charge is 2.57. The van der Waals surface area contributed by atoms with Crippen molar-refractivity contribution in [2.75, 3.05) is 19.0 Å². The third kappa shape index (κ3) is 6.46. The van der Waals surface area contributed by atoms with E-state index >= 15 is 0 Å². The molecule has 1 fully saturated rings. The molecule has 21 heteroatoms. The molecular formula is C10H17FN3O14P3. The Labute approximate surface area is 171 Å². The molecule has 0 spiro atoms. The van der Waals surface area contributed by atoms with Crippen molar-refractivity contribution in [1.82, 2.24) is 9.55 Å². The Morgan fingerprint density at radius 3 is 2.32 bits per heavy atom.